The van der Waals surface area contributed by atoms with E-state index < -0.39 is 61.4 Å². The summed E-state index contributed by atoms with van der Waals surface area (Å²) in [6.07, 6.45) is -13.0. The van der Waals surface area contributed by atoms with E-state index in [-0.39, 0.29) is 0 Å². The molecule has 0 unspecified atom stereocenters. The van der Waals surface area contributed by atoms with Crippen LogP contribution in [0.25, 0.3) is 0 Å². The molecular formula is C12H22O9. The highest BCUT2D eigenvalue weighted by atomic mass is 16.7. The molecule has 0 aliphatic carbocycles. The molecule has 0 aromatic heterocycles. The van der Waals surface area contributed by atoms with Crippen molar-refractivity contribution in [3.63, 3.8) is 0 Å². The molecular weight excluding hydrogens is 288 g/mol. The zero-order valence-corrected chi connectivity index (χ0v) is 11.7. The lowest BCUT2D eigenvalue weighted by atomic mass is 9.98. The normalized spacial score (nSPS) is 55.4. The molecule has 0 amide bonds. The molecule has 0 aromatic carbocycles. The molecule has 2 rings (SSSR count). The van der Waals surface area contributed by atoms with Gasteiger partial charge >= 0.3 is 0 Å². The van der Waals surface area contributed by atoms with Gasteiger partial charge in [0.15, 0.2) is 12.6 Å². The van der Waals surface area contributed by atoms with E-state index in [2.05, 4.69) is 0 Å². The van der Waals surface area contributed by atoms with Crippen molar-refractivity contribution in [2.45, 2.75) is 75.3 Å². The number of rotatable bonds is 2. The first-order chi connectivity index (χ1) is 9.73. The Hall–Kier alpha value is -0.360. The fourth-order valence-corrected chi connectivity index (χ4v) is 2.45. The fourth-order valence-electron chi connectivity index (χ4n) is 2.45. The predicted molar refractivity (Wildman–Crippen MR) is 65.8 cm³/mol. The molecule has 21 heavy (non-hydrogen) atoms. The summed E-state index contributed by atoms with van der Waals surface area (Å²) >= 11 is 0. The summed E-state index contributed by atoms with van der Waals surface area (Å²) < 4.78 is 15.5. The topological polar surface area (TPSA) is 149 Å². The summed E-state index contributed by atoms with van der Waals surface area (Å²) in [5, 5.41) is 58.5. The third kappa shape index (κ3) is 3.21. The van der Waals surface area contributed by atoms with Crippen LogP contribution in [0, 0.1) is 0 Å². The van der Waals surface area contributed by atoms with Crippen molar-refractivity contribution < 1.29 is 44.8 Å². The molecule has 0 radical (unpaired) electrons. The smallest absolute Gasteiger partial charge is 0.187 e. The van der Waals surface area contributed by atoms with E-state index in [0.717, 1.165) is 0 Å². The Morgan fingerprint density at radius 3 is 1.81 bits per heavy atom. The van der Waals surface area contributed by atoms with Crippen molar-refractivity contribution in [2.24, 2.45) is 0 Å². The van der Waals surface area contributed by atoms with Crippen molar-refractivity contribution in [2.75, 3.05) is 0 Å². The highest BCUT2D eigenvalue weighted by molar-refractivity contribution is 4.91. The first-order valence-corrected chi connectivity index (χ1v) is 6.78. The molecule has 10 atom stereocenters. The second kappa shape index (κ2) is 6.41. The van der Waals surface area contributed by atoms with Crippen LogP contribution in [0.15, 0.2) is 0 Å². The van der Waals surface area contributed by atoms with Gasteiger partial charge in [-0.25, -0.2) is 0 Å². The van der Waals surface area contributed by atoms with Crippen molar-refractivity contribution >= 4 is 0 Å². The van der Waals surface area contributed by atoms with Gasteiger partial charge in [0, 0.05) is 0 Å². The summed E-state index contributed by atoms with van der Waals surface area (Å²) in [4.78, 5) is 0. The fraction of sp³-hybridized carbons (Fsp3) is 1.00. The van der Waals surface area contributed by atoms with Gasteiger partial charge in [0.2, 0.25) is 0 Å². The third-order valence-electron chi connectivity index (χ3n) is 3.90. The van der Waals surface area contributed by atoms with Crippen molar-refractivity contribution in [1.82, 2.24) is 0 Å². The standard InChI is InChI=1S/C12H22O9/c1-3-6(14)8(16)10(11(18)19-3)21-12-9(17)7(15)5(13)4(2)20-12/h3-18H,1-2H3/t3-,4+,5+,6+,7-,8+,9-,10-,11-,12+/m1/s1. The van der Waals surface area contributed by atoms with E-state index in [1.54, 1.807) is 0 Å². The summed E-state index contributed by atoms with van der Waals surface area (Å²) in [5.74, 6) is 0. The molecule has 6 N–H and O–H groups in total. The lowest BCUT2D eigenvalue weighted by Gasteiger charge is -2.44. The molecule has 2 aliphatic rings. The maximum atomic E-state index is 9.91. The van der Waals surface area contributed by atoms with Gasteiger partial charge in [0.1, 0.15) is 36.6 Å². The van der Waals surface area contributed by atoms with E-state index in [4.69, 9.17) is 14.2 Å². The van der Waals surface area contributed by atoms with Crippen molar-refractivity contribution in [3.8, 4) is 0 Å². The zero-order valence-electron chi connectivity index (χ0n) is 11.7. The van der Waals surface area contributed by atoms with Crippen LogP contribution in [-0.4, -0.2) is 92.1 Å². The molecule has 2 heterocycles. The molecule has 0 bridgehead atoms. The average molecular weight is 310 g/mol. The van der Waals surface area contributed by atoms with Crippen LogP contribution in [0.1, 0.15) is 13.8 Å². The SMILES string of the molecule is C[C@@H]1O[C@@H](O[C@@H]2[C@@H](O)[C@@H](O)[C@@H](C)O[C@H]2O)[C@H](O)[C@H](O)[C@H]1O. The summed E-state index contributed by atoms with van der Waals surface area (Å²) in [5.41, 5.74) is 0. The molecule has 9 nitrogen and oxygen atoms in total. The van der Waals surface area contributed by atoms with Gasteiger partial charge in [0.05, 0.1) is 12.2 Å². The maximum absolute atomic E-state index is 9.91. The van der Waals surface area contributed by atoms with Crippen LogP contribution >= 0.6 is 0 Å². The number of hydrogen-bond acceptors (Lipinski definition) is 9. The van der Waals surface area contributed by atoms with Crippen molar-refractivity contribution in [1.29, 1.82) is 0 Å². The quantitative estimate of drug-likeness (QED) is 0.308. The Balaban J connectivity index is 2.06. The second-order valence-corrected chi connectivity index (χ2v) is 5.50. The lowest BCUT2D eigenvalue weighted by molar-refractivity contribution is -0.356. The lowest BCUT2D eigenvalue weighted by Crippen LogP contribution is -2.62. The number of aliphatic hydroxyl groups excluding tert-OH is 6. The maximum Gasteiger partial charge on any atom is 0.187 e. The Morgan fingerprint density at radius 2 is 1.19 bits per heavy atom. The second-order valence-electron chi connectivity index (χ2n) is 5.50. The van der Waals surface area contributed by atoms with Crippen molar-refractivity contribution in [3.05, 3.63) is 0 Å². The Bertz CT molecular complexity index is 354. The van der Waals surface area contributed by atoms with Crippen LogP contribution in [0.3, 0.4) is 0 Å². The predicted octanol–water partition coefficient (Wildman–Crippen LogP) is -3.34. The molecule has 0 spiro atoms. The third-order valence-corrected chi connectivity index (χ3v) is 3.90. The van der Waals surface area contributed by atoms with Crippen LogP contribution in [0.5, 0.6) is 0 Å². The molecule has 2 aliphatic heterocycles. The van der Waals surface area contributed by atoms with E-state index >= 15 is 0 Å². The minimum Gasteiger partial charge on any atom is -0.388 e. The van der Waals surface area contributed by atoms with Crippen LogP contribution < -0.4 is 0 Å². The minimum atomic E-state index is -1.58. The first-order valence-electron chi connectivity index (χ1n) is 6.78. The monoisotopic (exact) mass is 310 g/mol. The Morgan fingerprint density at radius 1 is 0.667 bits per heavy atom. The number of aliphatic hydroxyl groups is 6. The molecule has 0 saturated carbocycles. The average Bonchev–Trinajstić information content (AvgIpc) is 2.44. The highest BCUT2D eigenvalue weighted by Gasteiger charge is 2.48. The number of ether oxygens (including phenoxy) is 3. The summed E-state index contributed by atoms with van der Waals surface area (Å²) in [6, 6.07) is 0. The van der Waals surface area contributed by atoms with E-state index in [0.29, 0.717) is 0 Å². The Kier molecular flexibility index (Phi) is 5.19. The van der Waals surface area contributed by atoms with Gasteiger partial charge in [-0.05, 0) is 13.8 Å². The minimum absolute atomic E-state index is 0.793. The van der Waals surface area contributed by atoms with E-state index in [9.17, 15) is 30.6 Å². The Labute approximate surface area is 121 Å². The van der Waals surface area contributed by atoms with Crippen LogP contribution in [0.2, 0.25) is 0 Å². The van der Waals surface area contributed by atoms with Gasteiger partial charge in [-0.15, -0.1) is 0 Å². The van der Waals surface area contributed by atoms with E-state index in [1.807, 2.05) is 0 Å². The molecule has 9 heteroatoms. The van der Waals surface area contributed by atoms with Crippen LogP contribution in [0.4, 0.5) is 0 Å². The highest BCUT2D eigenvalue weighted by Crippen LogP contribution is 2.28. The van der Waals surface area contributed by atoms with Gasteiger partial charge in [-0.1, -0.05) is 0 Å². The zero-order chi connectivity index (χ0) is 15.9. The summed E-state index contributed by atoms with van der Waals surface area (Å²) in [6.45, 7) is 2.94. The van der Waals surface area contributed by atoms with Gasteiger partial charge in [0.25, 0.3) is 0 Å². The molecule has 2 fully saturated rings. The first kappa shape index (κ1) is 17.0. The summed E-state index contributed by atoms with van der Waals surface area (Å²) in [7, 11) is 0. The van der Waals surface area contributed by atoms with Gasteiger partial charge in [-0.2, -0.15) is 0 Å². The van der Waals surface area contributed by atoms with Crippen LogP contribution in [-0.2, 0) is 14.2 Å². The van der Waals surface area contributed by atoms with E-state index in [1.165, 1.54) is 13.8 Å². The van der Waals surface area contributed by atoms with Gasteiger partial charge < -0.3 is 44.8 Å². The molecule has 124 valence electrons. The van der Waals surface area contributed by atoms with Gasteiger partial charge in [-0.3, -0.25) is 0 Å². The number of hydrogen-bond donors (Lipinski definition) is 6. The molecule has 0 aromatic rings. The largest absolute Gasteiger partial charge is 0.388 e. The molecule has 2 saturated heterocycles.